The first-order valence-electron chi connectivity index (χ1n) is 7.05. The number of rotatable bonds is 4. The highest BCUT2D eigenvalue weighted by Gasteiger charge is 2.29. The van der Waals surface area contributed by atoms with Crippen molar-refractivity contribution in [2.24, 2.45) is 5.92 Å². The zero-order valence-electron chi connectivity index (χ0n) is 12.9. The summed E-state index contributed by atoms with van der Waals surface area (Å²) >= 11 is 0. The first-order chi connectivity index (χ1) is 10.7. The number of esters is 1. The van der Waals surface area contributed by atoms with E-state index in [0.29, 0.717) is 31.6 Å². The molecule has 0 amide bonds. The molecule has 0 bridgehead atoms. The molecule has 1 heterocycles. The molecule has 1 aliphatic rings. The fraction of sp³-hybridized carbons (Fsp3) is 0.500. The van der Waals surface area contributed by atoms with Crippen molar-refractivity contribution >= 4 is 27.2 Å². The lowest BCUT2D eigenvalue weighted by Gasteiger charge is -2.32. The molecule has 0 aromatic heterocycles. The minimum atomic E-state index is -3.51. The van der Waals surface area contributed by atoms with E-state index in [-0.39, 0.29) is 22.5 Å². The van der Waals surface area contributed by atoms with Gasteiger partial charge in [0.2, 0.25) is 0 Å². The van der Waals surface area contributed by atoms with Gasteiger partial charge in [-0.1, -0.05) is 0 Å². The van der Waals surface area contributed by atoms with E-state index in [1.165, 1.54) is 19.2 Å². The van der Waals surface area contributed by atoms with Gasteiger partial charge in [-0.05, 0) is 25.0 Å². The molecule has 0 saturated carbocycles. The number of nitrogens with zero attached hydrogens (tertiary/aromatic N) is 2. The first kappa shape index (κ1) is 17.2. The van der Waals surface area contributed by atoms with Crippen molar-refractivity contribution in [3.63, 3.8) is 0 Å². The highest BCUT2D eigenvalue weighted by molar-refractivity contribution is 7.90. The monoisotopic (exact) mass is 342 g/mol. The minimum Gasteiger partial charge on any atom is -0.469 e. The molecule has 1 saturated heterocycles. The SMILES string of the molecule is COC(=O)C1CCN(c2ccc(S(C)(=O)=O)cc2[N+](=O)[O-])CC1. The lowest BCUT2D eigenvalue weighted by Crippen LogP contribution is -2.37. The number of methoxy groups -OCH3 is 1. The topological polar surface area (TPSA) is 107 Å². The number of piperidine rings is 1. The number of benzene rings is 1. The molecule has 0 aliphatic carbocycles. The van der Waals surface area contributed by atoms with Crippen molar-refractivity contribution in [2.75, 3.05) is 31.4 Å². The van der Waals surface area contributed by atoms with Gasteiger partial charge in [-0.25, -0.2) is 8.42 Å². The Kier molecular flexibility index (Phi) is 4.88. The van der Waals surface area contributed by atoms with Crippen molar-refractivity contribution in [1.82, 2.24) is 0 Å². The van der Waals surface area contributed by atoms with Crippen LogP contribution in [0.4, 0.5) is 11.4 Å². The molecular weight excluding hydrogens is 324 g/mol. The summed E-state index contributed by atoms with van der Waals surface area (Å²) in [5.41, 5.74) is 0.121. The zero-order chi connectivity index (χ0) is 17.2. The molecule has 0 radical (unpaired) electrons. The number of carbonyl (C=O) groups excluding carboxylic acids is 1. The summed E-state index contributed by atoms with van der Waals surface area (Å²) in [6.45, 7) is 0.942. The lowest BCUT2D eigenvalue weighted by molar-refractivity contribution is -0.384. The minimum absolute atomic E-state index is 0.0857. The number of nitro groups is 1. The van der Waals surface area contributed by atoms with Crippen molar-refractivity contribution in [3.8, 4) is 0 Å². The average molecular weight is 342 g/mol. The Balaban J connectivity index is 2.27. The fourth-order valence-electron chi connectivity index (χ4n) is 2.67. The number of sulfone groups is 1. The van der Waals surface area contributed by atoms with E-state index in [4.69, 9.17) is 4.74 Å². The second kappa shape index (κ2) is 6.53. The van der Waals surface area contributed by atoms with Crippen LogP contribution in [-0.2, 0) is 19.4 Å². The van der Waals surface area contributed by atoms with Crippen molar-refractivity contribution in [3.05, 3.63) is 28.3 Å². The Bertz CT molecular complexity index is 723. The van der Waals surface area contributed by atoms with E-state index in [2.05, 4.69) is 0 Å². The van der Waals surface area contributed by atoms with Gasteiger partial charge in [-0.15, -0.1) is 0 Å². The standard InChI is InChI=1S/C14H18N2O6S/c1-22-14(17)10-5-7-15(8-6-10)12-4-3-11(23(2,20)21)9-13(12)16(18)19/h3-4,9-10H,5-8H2,1-2H3. The summed E-state index contributed by atoms with van der Waals surface area (Å²) in [5.74, 6) is -0.475. The largest absolute Gasteiger partial charge is 0.469 e. The van der Waals surface area contributed by atoms with Crippen LogP contribution in [0.25, 0.3) is 0 Å². The third-order valence-corrected chi connectivity index (χ3v) is 5.05. The molecule has 1 aromatic carbocycles. The van der Waals surface area contributed by atoms with Crippen LogP contribution in [0.2, 0.25) is 0 Å². The molecule has 0 spiro atoms. The van der Waals surface area contributed by atoms with Crippen LogP contribution in [0.3, 0.4) is 0 Å². The van der Waals surface area contributed by atoms with Gasteiger partial charge >= 0.3 is 5.97 Å². The molecule has 0 N–H and O–H groups in total. The van der Waals surface area contributed by atoms with Crippen molar-refractivity contribution in [2.45, 2.75) is 17.7 Å². The zero-order valence-corrected chi connectivity index (χ0v) is 13.7. The van der Waals surface area contributed by atoms with E-state index < -0.39 is 14.8 Å². The number of anilines is 1. The second-order valence-electron chi connectivity index (χ2n) is 5.46. The van der Waals surface area contributed by atoms with Crippen molar-refractivity contribution in [1.29, 1.82) is 0 Å². The number of hydrogen-bond acceptors (Lipinski definition) is 7. The molecule has 126 valence electrons. The van der Waals surface area contributed by atoms with Gasteiger partial charge < -0.3 is 9.64 Å². The first-order valence-corrected chi connectivity index (χ1v) is 8.94. The summed E-state index contributed by atoms with van der Waals surface area (Å²) in [4.78, 5) is 23.9. The second-order valence-corrected chi connectivity index (χ2v) is 7.48. The maximum atomic E-state index is 11.6. The lowest BCUT2D eigenvalue weighted by atomic mass is 9.96. The van der Waals surface area contributed by atoms with Crippen LogP contribution in [0, 0.1) is 16.0 Å². The molecule has 2 rings (SSSR count). The smallest absolute Gasteiger partial charge is 0.308 e. The number of carbonyl (C=O) groups is 1. The summed E-state index contributed by atoms with van der Waals surface area (Å²) in [7, 11) is -2.18. The summed E-state index contributed by atoms with van der Waals surface area (Å²) in [6, 6.07) is 3.90. The average Bonchev–Trinajstić information content (AvgIpc) is 2.52. The van der Waals surface area contributed by atoms with E-state index in [1.54, 1.807) is 4.90 Å². The Morgan fingerprint density at radius 1 is 1.35 bits per heavy atom. The quantitative estimate of drug-likeness (QED) is 0.462. The Morgan fingerprint density at radius 2 is 1.96 bits per heavy atom. The van der Waals surface area contributed by atoms with Crippen molar-refractivity contribution < 1.29 is 22.9 Å². The number of hydrogen-bond donors (Lipinski definition) is 0. The van der Waals surface area contributed by atoms with Gasteiger partial charge in [0.05, 0.1) is 22.8 Å². The van der Waals surface area contributed by atoms with Gasteiger partial charge in [0.1, 0.15) is 5.69 Å². The Hall–Kier alpha value is -2.16. The molecular formula is C14H18N2O6S. The highest BCUT2D eigenvalue weighted by atomic mass is 32.2. The molecule has 1 fully saturated rings. The molecule has 8 nitrogen and oxygen atoms in total. The van der Waals surface area contributed by atoms with E-state index >= 15 is 0 Å². The Labute approximate surface area is 134 Å². The van der Waals surface area contributed by atoms with Gasteiger partial charge in [0.15, 0.2) is 9.84 Å². The predicted octanol–water partition coefficient (Wildman–Crippen LogP) is 1.39. The van der Waals surface area contributed by atoms with Crippen LogP contribution in [0.5, 0.6) is 0 Å². The van der Waals surface area contributed by atoms with Gasteiger partial charge in [0.25, 0.3) is 5.69 Å². The molecule has 9 heteroatoms. The highest BCUT2D eigenvalue weighted by Crippen LogP contribution is 2.33. The summed E-state index contributed by atoms with van der Waals surface area (Å²) in [5, 5.41) is 11.3. The molecule has 1 aromatic rings. The van der Waals surface area contributed by atoms with Gasteiger partial charge in [-0.2, -0.15) is 0 Å². The van der Waals surface area contributed by atoms with Gasteiger partial charge in [0, 0.05) is 25.4 Å². The van der Waals surface area contributed by atoms with Crippen LogP contribution in [0.1, 0.15) is 12.8 Å². The number of ether oxygens (including phenoxy) is 1. The van der Waals surface area contributed by atoms with Crippen LogP contribution < -0.4 is 4.90 Å². The third-order valence-electron chi connectivity index (χ3n) is 3.94. The van der Waals surface area contributed by atoms with Crippen LogP contribution >= 0.6 is 0 Å². The van der Waals surface area contributed by atoms with Gasteiger partial charge in [-0.3, -0.25) is 14.9 Å². The predicted molar refractivity (Wildman–Crippen MR) is 83.2 cm³/mol. The summed E-state index contributed by atoms with van der Waals surface area (Å²) < 4.78 is 27.8. The van der Waals surface area contributed by atoms with E-state index in [1.807, 2.05) is 0 Å². The van der Waals surface area contributed by atoms with E-state index in [9.17, 15) is 23.3 Å². The maximum absolute atomic E-state index is 11.6. The fourth-order valence-corrected chi connectivity index (χ4v) is 3.31. The maximum Gasteiger partial charge on any atom is 0.308 e. The van der Waals surface area contributed by atoms with Crippen LogP contribution in [-0.4, -0.2) is 45.8 Å². The molecule has 0 unspecified atom stereocenters. The molecule has 0 atom stereocenters. The number of nitro benzene ring substituents is 1. The third kappa shape index (κ3) is 3.79. The van der Waals surface area contributed by atoms with Crippen LogP contribution in [0.15, 0.2) is 23.1 Å². The normalized spacial score (nSPS) is 16.2. The Morgan fingerprint density at radius 3 is 2.43 bits per heavy atom. The molecule has 1 aliphatic heterocycles. The summed E-state index contributed by atoms with van der Waals surface area (Å²) in [6.07, 6.45) is 2.09. The molecule has 23 heavy (non-hydrogen) atoms. The van der Waals surface area contributed by atoms with E-state index in [0.717, 1.165) is 12.3 Å².